The summed E-state index contributed by atoms with van der Waals surface area (Å²) in [7, 11) is 1.99. The van der Waals surface area contributed by atoms with Gasteiger partial charge in [-0.3, -0.25) is 4.68 Å². The van der Waals surface area contributed by atoms with Gasteiger partial charge in [-0.1, -0.05) is 6.92 Å². The van der Waals surface area contributed by atoms with Gasteiger partial charge >= 0.3 is 0 Å². The number of aromatic nitrogens is 2. The van der Waals surface area contributed by atoms with Crippen LogP contribution in [0, 0.1) is 6.92 Å². The van der Waals surface area contributed by atoms with Crippen molar-refractivity contribution in [3.63, 3.8) is 0 Å². The Bertz CT molecular complexity index is 458. The Hall–Kier alpha value is -1.13. The van der Waals surface area contributed by atoms with Crippen molar-refractivity contribution < 1.29 is 0 Å². The van der Waals surface area contributed by atoms with Crippen LogP contribution in [-0.4, -0.2) is 16.3 Å². The number of thiophene rings is 1. The summed E-state index contributed by atoms with van der Waals surface area (Å²) in [6.45, 7) is 5.22. The van der Waals surface area contributed by atoms with Crippen LogP contribution in [0.15, 0.2) is 24.4 Å². The SMILES string of the molecule is CCNC(c1ccc(C)s1)c1ccnn1C. The average molecular weight is 235 g/mol. The molecular weight excluding hydrogens is 218 g/mol. The molecule has 1 N–H and O–H groups in total. The highest BCUT2D eigenvalue weighted by atomic mass is 32.1. The van der Waals surface area contributed by atoms with Gasteiger partial charge in [0.15, 0.2) is 0 Å². The lowest BCUT2D eigenvalue weighted by Gasteiger charge is -2.16. The Morgan fingerprint density at radius 2 is 2.25 bits per heavy atom. The van der Waals surface area contributed by atoms with E-state index in [9.17, 15) is 0 Å². The molecule has 0 saturated heterocycles. The van der Waals surface area contributed by atoms with Gasteiger partial charge in [0.25, 0.3) is 0 Å². The first-order chi connectivity index (χ1) is 7.72. The molecule has 86 valence electrons. The Balaban J connectivity index is 2.34. The second-order valence-corrected chi connectivity index (χ2v) is 5.14. The summed E-state index contributed by atoms with van der Waals surface area (Å²) in [4.78, 5) is 2.70. The third-order valence-electron chi connectivity index (χ3n) is 2.61. The summed E-state index contributed by atoms with van der Waals surface area (Å²) in [6.07, 6.45) is 1.85. The van der Waals surface area contributed by atoms with Crippen molar-refractivity contribution in [3.8, 4) is 0 Å². The predicted octanol–water partition coefficient (Wildman–Crippen LogP) is 2.49. The quantitative estimate of drug-likeness (QED) is 0.882. The first-order valence-electron chi connectivity index (χ1n) is 5.50. The van der Waals surface area contributed by atoms with Gasteiger partial charge in [0, 0.05) is 23.0 Å². The summed E-state index contributed by atoms with van der Waals surface area (Å²) in [6, 6.07) is 6.69. The fraction of sp³-hybridized carbons (Fsp3) is 0.417. The molecule has 0 radical (unpaired) electrons. The number of nitrogens with zero attached hydrogens (tertiary/aromatic N) is 2. The van der Waals surface area contributed by atoms with E-state index in [4.69, 9.17) is 0 Å². The van der Waals surface area contributed by atoms with Gasteiger partial charge in [-0.25, -0.2) is 0 Å². The summed E-state index contributed by atoms with van der Waals surface area (Å²) in [5.41, 5.74) is 1.21. The maximum atomic E-state index is 4.23. The van der Waals surface area contributed by atoms with E-state index in [0.717, 1.165) is 6.54 Å². The highest BCUT2D eigenvalue weighted by molar-refractivity contribution is 7.12. The second-order valence-electron chi connectivity index (χ2n) is 3.82. The van der Waals surface area contributed by atoms with E-state index < -0.39 is 0 Å². The van der Waals surface area contributed by atoms with Crippen molar-refractivity contribution in [2.45, 2.75) is 19.9 Å². The molecule has 2 heterocycles. The van der Waals surface area contributed by atoms with Gasteiger partial charge in [-0.05, 0) is 31.7 Å². The average Bonchev–Trinajstić information content (AvgIpc) is 2.84. The summed E-state index contributed by atoms with van der Waals surface area (Å²) >= 11 is 1.84. The minimum Gasteiger partial charge on any atom is -0.305 e. The number of rotatable bonds is 4. The zero-order valence-electron chi connectivity index (χ0n) is 9.90. The van der Waals surface area contributed by atoms with E-state index in [-0.39, 0.29) is 6.04 Å². The van der Waals surface area contributed by atoms with Crippen LogP contribution in [0.4, 0.5) is 0 Å². The van der Waals surface area contributed by atoms with Crippen molar-refractivity contribution in [2.75, 3.05) is 6.54 Å². The molecule has 16 heavy (non-hydrogen) atoms. The molecule has 1 unspecified atom stereocenters. The second kappa shape index (κ2) is 4.80. The standard InChI is InChI=1S/C12H17N3S/c1-4-13-12(10-7-8-14-15(10)3)11-6-5-9(2)16-11/h5-8,12-13H,4H2,1-3H3. The lowest BCUT2D eigenvalue weighted by Crippen LogP contribution is -2.23. The van der Waals surface area contributed by atoms with Crippen LogP contribution in [0.5, 0.6) is 0 Å². The Kier molecular flexibility index (Phi) is 3.41. The fourth-order valence-corrected chi connectivity index (χ4v) is 2.80. The van der Waals surface area contributed by atoms with Gasteiger partial charge in [0.2, 0.25) is 0 Å². The number of nitrogens with one attached hydrogen (secondary N) is 1. The highest BCUT2D eigenvalue weighted by Crippen LogP contribution is 2.27. The van der Waals surface area contributed by atoms with E-state index in [1.807, 2.05) is 29.3 Å². The summed E-state index contributed by atoms with van der Waals surface area (Å²) in [5, 5.41) is 7.74. The van der Waals surface area contributed by atoms with Crippen LogP contribution in [0.2, 0.25) is 0 Å². The lowest BCUT2D eigenvalue weighted by atomic mass is 10.1. The van der Waals surface area contributed by atoms with Gasteiger partial charge < -0.3 is 5.32 Å². The first kappa shape index (κ1) is 11.4. The lowest BCUT2D eigenvalue weighted by molar-refractivity contribution is 0.579. The molecule has 0 spiro atoms. The minimum absolute atomic E-state index is 0.260. The van der Waals surface area contributed by atoms with Crippen LogP contribution in [-0.2, 0) is 7.05 Å². The Labute approximate surface area is 100 Å². The summed E-state index contributed by atoms with van der Waals surface area (Å²) < 4.78 is 1.93. The number of aryl methyl sites for hydroxylation is 2. The van der Waals surface area contributed by atoms with Crippen molar-refractivity contribution in [1.82, 2.24) is 15.1 Å². The maximum absolute atomic E-state index is 4.23. The minimum atomic E-state index is 0.260. The van der Waals surface area contributed by atoms with Crippen molar-refractivity contribution in [2.24, 2.45) is 7.05 Å². The Morgan fingerprint density at radius 1 is 1.44 bits per heavy atom. The summed E-state index contributed by atoms with van der Waals surface area (Å²) in [5.74, 6) is 0. The van der Waals surface area contributed by atoms with Crippen LogP contribution < -0.4 is 5.32 Å². The van der Waals surface area contributed by atoms with Crippen molar-refractivity contribution >= 4 is 11.3 Å². The maximum Gasteiger partial charge on any atom is 0.0841 e. The monoisotopic (exact) mass is 235 g/mol. The Morgan fingerprint density at radius 3 is 2.75 bits per heavy atom. The van der Waals surface area contributed by atoms with Gasteiger partial charge in [-0.2, -0.15) is 5.10 Å². The highest BCUT2D eigenvalue weighted by Gasteiger charge is 2.17. The molecule has 2 aromatic heterocycles. The molecule has 0 saturated carbocycles. The van der Waals surface area contributed by atoms with E-state index in [2.05, 4.69) is 42.5 Å². The van der Waals surface area contributed by atoms with Crippen LogP contribution in [0.3, 0.4) is 0 Å². The molecule has 0 aromatic carbocycles. The van der Waals surface area contributed by atoms with E-state index in [1.54, 1.807) is 0 Å². The predicted molar refractivity (Wildman–Crippen MR) is 67.8 cm³/mol. The molecule has 0 aliphatic carbocycles. The molecule has 0 amide bonds. The van der Waals surface area contributed by atoms with Gasteiger partial charge in [-0.15, -0.1) is 11.3 Å². The zero-order chi connectivity index (χ0) is 11.5. The molecule has 2 aromatic rings. The van der Waals surface area contributed by atoms with E-state index in [1.165, 1.54) is 15.4 Å². The fourth-order valence-electron chi connectivity index (χ4n) is 1.83. The zero-order valence-corrected chi connectivity index (χ0v) is 10.7. The smallest absolute Gasteiger partial charge is 0.0841 e. The molecule has 2 rings (SSSR count). The van der Waals surface area contributed by atoms with Crippen molar-refractivity contribution in [3.05, 3.63) is 39.8 Å². The van der Waals surface area contributed by atoms with Crippen molar-refractivity contribution in [1.29, 1.82) is 0 Å². The molecular formula is C12H17N3S. The van der Waals surface area contributed by atoms with E-state index >= 15 is 0 Å². The molecule has 0 aliphatic rings. The third kappa shape index (κ3) is 2.18. The molecule has 0 aliphatic heterocycles. The number of hydrogen-bond donors (Lipinski definition) is 1. The molecule has 4 heteroatoms. The molecule has 3 nitrogen and oxygen atoms in total. The normalized spacial score (nSPS) is 12.9. The van der Waals surface area contributed by atoms with Gasteiger partial charge in [0.1, 0.15) is 0 Å². The molecule has 0 bridgehead atoms. The largest absolute Gasteiger partial charge is 0.305 e. The first-order valence-corrected chi connectivity index (χ1v) is 6.31. The van der Waals surface area contributed by atoms with E-state index in [0.29, 0.717) is 0 Å². The van der Waals surface area contributed by atoms with Crippen LogP contribution in [0.1, 0.15) is 28.4 Å². The van der Waals surface area contributed by atoms with Gasteiger partial charge in [0.05, 0.1) is 11.7 Å². The topological polar surface area (TPSA) is 29.9 Å². The van der Waals surface area contributed by atoms with Crippen LogP contribution >= 0.6 is 11.3 Å². The van der Waals surface area contributed by atoms with Crippen LogP contribution in [0.25, 0.3) is 0 Å². The third-order valence-corrected chi connectivity index (χ3v) is 3.67. The number of hydrogen-bond acceptors (Lipinski definition) is 3. The molecule has 0 fully saturated rings. The molecule has 1 atom stereocenters.